The Bertz CT molecular complexity index is 1360. The van der Waals surface area contributed by atoms with Gasteiger partial charge in [-0.15, -0.1) is 12.0 Å². The first kappa shape index (κ1) is 18.4. The molecule has 0 radical (unpaired) electrons. The minimum Gasteiger partial charge on any atom is -0.127 e. The lowest BCUT2D eigenvalue weighted by Gasteiger charge is -2.15. The summed E-state index contributed by atoms with van der Waals surface area (Å²) < 4.78 is 0. The van der Waals surface area contributed by atoms with Crippen LogP contribution in [0.3, 0.4) is 0 Å². The monoisotopic (exact) mass is 376 g/mol. The molecule has 0 fully saturated rings. The highest BCUT2D eigenvalue weighted by atomic mass is 28.3. The van der Waals surface area contributed by atoms with E-state index in [1.54, 1.807) is 0 Å². The van der Waals surface area contributed by atoms with Crippen LogP contribution in [0.25, 0.3) is 32.3 Å². The van der Waals surface area contributed by atoms with Gasteiger partial charge in [0.05, 0.1) is 0 Å². The van der Waals surface area contributed by atoms with Crippen molar-refractivity contribution in [1.82, 2.24) is 0 Å². The summed E-state index contributed by atoms with van der Waals surface area (Å²) >= 11 is 0. The maximum Gasteiger partial charge on any atom is 0.129 e. The van der Waals surface area contributed by atoms with Gasteiger partial charge in [0.15, 0.2) is 0 Å². The van der Waals surface area contributed by atoms with E-state index in [2.05, 4.69) is 99.4 Å². The van der Waals surface area contributed by atoms with Gasteiger partial charge in [0, 0.05) is 11.1 Å². The SMILES string of the molecule is C#Cc1cc2cc(C#C[Si](C)(C)C)c3cccc(C)c3c2c2c(C)cccc12. The van der Waals surface area contributed by atoms with E-state index >= 15 is 0 Å². The summed E-state index contributed by atoms with van der Waals surface area (Å²) in [4.78, 5) is 0. The molecule has 0 aliphatic carbocycles. The highest BCUT2D eigenvalue weighted by Gasteiger charge is 2.15. The lowest BCUT2D eigenvalue weighted by atomic mass is 9.88. The fourth-order valence-electron chi connectivity index (χ4n) is 3.99. The highest BCUT2D eigenvalue weighted by molar-refractivity contribution is 6.83. The molecule has 0 bridgehead atoms. The molecule has 0 nitrogen and oxygen atoms in total. The number of fused-ring (bicyclic) bond motifs is 5. The largest absolute Gasteiger partial charge is 0.129 e. The third kappa shape index (κ3) is 2.99. The van der Waals surface area contributed by atoms with Gasteiger partial charge in [0.25, 0.3) is 0 Å². The molecule has 0 aromatic heterocycles. The van der Waals surface area contributed by atoms with Gasteiger partial charge in [0.1, 0.15) is 8.07 Å². The predicted molar refractivity (Wildman–Crippen MR) is 127 cm³/mol. The van der Waals surface area contributed by atoms with Crippen molar-refractivity contribution in [2.24, 2.45) is 0 Å². The summed E-state index contributed by atoms with van der Waals surface area (Å²) in [7, 11) is -1.47. The number of aryl methyl sites for hydroxylation is 2. The van der Waals surface area contributed by atoms with E-state index in [-0.39, 0.29) is 0 Å². The Balaban J connectivity index is 2.30. The van der Waals surface area contributed by atoms with Crippen molar-refractivity contribution in [2.75, 3.05) is 0 Å². The van der Waals surface area contributed by atoms with Crippen molar-refractivity contribution in [3.8, 4) is 23.8 Å². The molecule has 136 valence electrons. The van der Waals surface area contributed by atoms with Crippen LogP contribution in [0, 0.1) is 37.7 Å². The Hall–Kier alpha value is -3.00. The number of hydrogen-bond acceptors (Lipinski definition) is 0. The van der Waals surface area contributed by atoms with E-state index in [1.165, 1.54) is 38.1 Å². The average Bonchev–Trinajstić information content (AvgIpc) is 2.65. The maximum absolute atomic E-state index is 5.88. The molecule has 0 saturated heterocycles. The van der Waals surface area contributed by atoms with E-state index in [0.29, 0.717) is 0 Å². The molecular formula is C27H24Si. The van der Waals surface area contributed by atoms with Crippen LogP contribution in [-0.4, -0.2) is 8.07 Å². The first-order valence-electron chi connectivity index (χ1n) is 9.68. The Morgan fingerprint density at radius 2 is 1.29 bits per heavy atom. The van der Waals surface area contributed by atoms with E-state index in [9.17, 15) is 0 Å². The quantitative estimate of drug-likeness (QED) is 0.176. The van der Waals surface area contributed by atoms with E-state index in [0.717, 1.165) is 16.5 Å². The van der Waals surface area contributed by atoms with Crippen molar-refractivity contribution in [2.45, 2.75) is 33.5 Å². The third-order valence-electron chi connectivity index (χ3n) is 5.24. The molecule has 0 atom stereocenters. The molecule has 0 spiro atoms. The first-order chi connectivity index (χ1) is 13.3. The summed E-state index contributed by atoms with van der Waals surface area (Å²) in [5.74, 6) is 6.41. The average molecular weight is 377 g/mol. The topological polar surface area (TPSA) is 0 Å². The van der Waals surface area contributed by atoms with Crippen LogP contribution >= 0.6 is 0 Å². The second-order valence-corrected chi connectivity index (χ2v) is 13.3. The maximum atomic E-state index is 5.88. The Kier molecular flexibility index (Phi) is 4.30. The number of hydrogen-bond donors (Lipinski definition) is 0. The number of terminal acetylenes is 1. The Morgan fingerprint density at radius 1 is 0.750 bits per heavy atom. The van der Waals surface area contributed by atoms with Crippen molar-refractivity contribution in [3.63, 3.8) is 0 Å². The lowest BCUT2D eigenvalue weighted by Crippen LogP contribution is -2.16. The molecule has 0 aliphatic heterocycles. The molecule has 0 aliphatic rings. The second-order valence-electron chi connectivity index (χ2n) is 8.59. The van der Waals surface area contributed by atoms with Crippen molar-refractivity contribution in [1.29, 1.82) is 0 Å². The zero-order chi connectivity index (χ0) is 20.1. The minimum atomic E-state index is -1.47. The number of rotatable bonds is 0. The van der Waals surface area contributed by atoms with Crippen molar-refractivity contribution in [3.05, 3.63) is 70.8 Å². The molecule has 4 rings (SSSR count). The molecule has 0 N–H and O–H groups in total. The van der Waals surface area contributed by atoms with Gasteiger partial charge in [-0.25, -0.2) is 0 Å². The van der Waals surface area contributed by atoms with Gasteiger partial charge < -0.3 is 0 Å². The zero-order valence-corrected chi connectivity index (χ0v) is 18.2. The van der Waals surface area contributed by atoms with Crippen LogP contribution in [0.5, 0.6) is 0 Å². The normalized spacial score (nSPS) is 11.4. The van der Waals surface area contributed by atoms with Crippen LogP contribution in [0.15, 0.2) is 48.5 Å². The molecule has 28 heavy (non-hydrogen) atoms. The van der Waals surface area contributed by atoms with Crippen LogP contribution in [0.4, 0.5) is 0 Å². The van der Waals surface area contributed by atoms with Gasteiger partial charge >= 0.3 is 0 Å². The van der Waals surface area contributed by atoms with Gasteiger partial charge in [-0.1, -0.05) is 67.9 Å². The Labute approximate surface area is 168 Å². The summed E-state index contributed by atoms with van der Waals surface area (Å²) in [6, 6.07) is 17.3. The van der Waals surface area contributed by atoms with Crippen molar-refractivity contribution < 1.29 is 0 Å². The minimum absolute atomic E-state index is 0.947. The van der Waals surface area contributed by atoms with E-state index in [1.807, 2.05) is 0 Å². The van der Waals surface area contributed by atoms with Crippen LogP contribution in [-0.2, 0) is 0 Å². The fourth-order valence-corrected chi connectivity index (χ4v) is 4.50. The predicted octanol–water partition coefficient (Wildman–Crippen LogP) is 6.97. The summed E-state index contributed by atoms with van der Waals surface area (Å²) in [6.07, 6.45) is 5.88. The summed E-state index contributed by atoms with van der Waals surface area (Å²) in [5, 5.41) is 7.41. The lowest BCUT2D eigenvalue weighted by molar-refractivity contribution is 1.52. The molecule has 0 amide bonds. The smallest absolute Gasteiger partial charge is 0.127 e. The van der Waals surface area contributed by atoms with Crippen molar-refractivity contribution >= 4 is 40.4 Å². The van der Waals surface area contributed by atoms with Crippen LogP contribution in [0.1, 0.15) is 22.3 Å². The molecule has 0 saturated carbocycles. The summed E-state index contributed by atoms with van der Waals surface area (Å²) in [5.41, 5.74) is 8.12. The van der Waals surface area contributed by atoms with Crippen LogP contribution in [0.2, 0.25) is 19.6 Å². The van der Waals surface area contributed by atoms with Crippen LogP contribution < -0.4 is 0 Å². The van der Waals surface area contributed by atoms with Gasteiger partial charge in [-0.05, 0) is 69.4 Å². The second kappa shape index (κ2) is 6.56. The standard InChI is InChI=1S/C27H24Si/c1-7-20-16-22-17-21(14-15-28(4,5)6)24-13-9-11-19(3)26(24)27(22)25-18(2)10-8-12-23(20)25/h1,8-13,16-17H,2-6H3. The number of benzene rings is 4. The van der Waals surface area contributed by atoms with Gasteiger partial charge in [-0.2, -0.15) is 0 Å². The molecular weight excluding hydrogens is 352 g/mol. The molecule has 0 heterocycles. The third-order valence-corrected chi connectivity index (χ3v) is 6.12. The van der Waals surface area contributed by atoms with Gasteiger partial charge in [0.2, 0.25) is 0 Å². The molecule has 4 aromatic carbocycles. The Morgan fingerprint density at radius 3 is 1.82 bits per heavy atom. The molecule has 0 unspecified atom stereocenters. The molecule has 1 heteroatoms. The van der Waals surface area contributed by atoms with E-state index < -0.39 is 8.07 Å². The molecule has 4 aromatic rings. The van der Waals surface area contributed by atoms with Gasteiger partial charge in [-0.3, -0.25) is 0 Å². The zero-order valence-electron chi connectivity index (χ0n) is 17.2. The first-order valence-corrected chi connectivity index (χ1v) is 13.2. The summed E-state index contributed by atoms with van der Waals surface area (Å²) in [6.45, 7) is 11.2. The highest BCUT2D eigenvalue weighted by Crippen LogP contribution is 2.38. The fraction of sp³-hybridized carbons (Fsp3) is 0.185. The van der Waals surface area contributed by atoms with E-state index in [4.69, 9.17) is 6.42 Å².